The SMILES string of the molecule is CC1(C)CC(O)CC(C)(C)N1OC(CC(=O)O)(C(=O)O)C(C(=O)O)N1C(C)(C)CC(O)CC1(C)C. The molecule has 0 saturated carbocycles. The highest BCUT2D eigenvalue weighted by Gasteiger charge is 2.64. The Labute approximate surface area is 206 Å². The number of carboxylic acids is 3. The Kier molecular flexibility index (Phi) is 7.79. The van der Waals surface area contributed by atoms with E-state index in [0.717, 1.165) is 0 Å². The average Bonchev–Trinajstić information content (AvgIpc) is 2.57. The third kappa shape index (κ3) is 5.64. The minimum Gasteiger partial charge on any atom is -0.481 e. The molecule has 11 heteroatoms. The van der Waals surface area contributed by atoms with Crippen LogP contribution in [0.4, 0.5) is 0 Å². The Morgan fingerprint density at radius 2 is 1.17 bits per heavy atom. The van der Waals surface area contributed by atoms with Gasteiger partial charge in [0.1, 0.15) is 0 Å². The highest BCUT2D eigenvalue weighted by atomic mass is 16.7. The Morgan fingerprint density at radius 3 is 1.49 bits per heavy atom. The fourth-order valence-corrected chi connectivity index (χ4v) is 6.71. The molecule has 2 unspecified atom stereocenters. The first-order valence-corrected chi connectivity index (χ1v) is 11.9. The van der Waals surface area contributed by atoms with Gasteiger partial charge >= 0.3 is 17.9 Å². The number of aliphatic carboxylic acids is 3. The van der Waals surface area contributed by atoms with Crippen LogP contribution in [0, 0.1) is 0 Å². The zero-order valence-corrected chi connectivity index (χ0v) is 22.0. The van der Waals surface area contributed by atoms with Crippen molar-refractivity contribution in [3.05, 3.63) is 0 Å². The van der Waals surface area contributed by atoms with Crippen molar-refractivity contribution in [2.24, 2.45) is 0 Å². The monoisotopic (exact) mass is 502 g/mol. The standard InChI is InChI=1S/C24H42N2O9/c1-20(2)9-14(27)10-21(3,4)25(20)17(18(31)32)24(19(33)34,13-16(29)30)35-26-22(5,6)11-15(28)12-23(26,7)8/h14-15,17,27-28H,9-13H2,1-8H3,(H,29,30)(H,31,32)(H,33,34). The number of hydroxylamine groups is 2. The fourth-order valence-electron chi connectivity index (χ4n) is 6.71. The number of piperidine rings is 2. The molecule has 2 atom stereocenters. The molecule has 2 rings (SSSR count). The number of carboxylic acid groups (broad SMARTS) is 3. The molecule has 202 valence electrons. The van der Waals surface area contributed by atoms with Crippen LogP contribution >= 0.6 is 0 Å². The van der Waals surface area contributed by atoms with Gasteiger partial charge in [-0.3, -0.25) is 19.3 Å². The molecule has 0 radical (unpaired) electrons. The van der Waals surface area contributed by atoms with E-state index in [9.17, 15) is 39.9 Å². The lowest BCUT2D eigenvalue weighted by Crippen LogP contribution is -2.76. The van der Waals surface area contributed by atoms with Crippen molar-refractivity contribution in [1.82, 2.24) is 9.96 Å². The molecule has 2 fully saturated rings. The molecule has 0 aromatic carbocycles. The van der Waals surface area contributed by atoms with Gasteiger partial charge in [-0.05, 0) is 81.1 Å². The molecule has 0 bridgehead atoms. The summed E-state index contributed by atoms with van der Waals surface area (Å²) in [6.45, 7) is 13.7. The lowest BCUT2D eigenvalue weighted by molar-refractivity contribution is -0.351. The first-order chi connectivity index (χ1) is 15.6. The van der Waals surface area contributed by atoms with Gasteiger partial charge in [0.25, 0.3) is 0 Å². The van der Waals surface area contributed by atoms with Crippen LogP contribution in [0.2, 0.25) is 0 Å². The predicted octanol–water partition coefficient (Wildman–Crippen LogP) is 1.70. The number of aliphatic hydroxyl groups excluding tert-OH is 2. The normalized spacial score (nSPS) is 27.6. The molecule has 2 aliphatic rings. The van der Waals surface area contributed by atoms with Gasteiger partial charge in [0.05, 0.1) is 18.6 Å². The zero-order valence-electron chi connectivity index (χ0n) is 22.0. The molecule has 2 saturated heterocycles. The van der Waals surface area contributed by atoms with Gasteiger partial charge in [0, 0.05) is 22.2 Å². The molecule has 35 heavy (non-hydrogen) atoms. The fraction of sp³-hybridized carbons (Fsp3) is 0.875. The predicted molar refractivity (Wildman–Crippen MR) is 126 cm³/mol. The van der Waals surface area contributed by atoms with E-state index in [0.29, 0.717) is 0 Å². The summed E-state index contributed by atoms with van der Waals surface area (Å²) in [5.74, 6) is -4.79. The minimum absolute atomic E-state index is 0.163. The van der Waals surface area contributed by atoms with Crippen molar-refractivity contribution in [1.29, 1.82) is 0 Å². The van der Waals surface area contributed by atoms with Crippen molar-refractivity contribution in [3.8, 4) is 0 Å². The zero-order chi connectivity index (χ0) is 27.4. The van der Waals surface area contributed by atoms with Gasteiger partial charge in [-0.15, -0.1) is 0 Å². The first kappa shape index (κ1) is 29.4. The molecule has 0 aliphatic carbocycles. The second-order valence-electron chi connectivity index (χ2n) is 12.6. The van der Waals surface area contributed by atoms with Gasteiger partial charge in [0.2, 0.25) is 5.60 Å². The molecule has 0 aromatic rings. The van der Waals surface area contributed by atoms with Crippen LogP contribution in [-0.4, -0.2) is 99.4 Å². The van der Waals surface area contributed by atoms with E-state index in [1.54, 1.807) is 55.4 Å². The Balaban J connectivity index is 2.80. The van der Waals surface area contributed by atoms with Crippen LogP contribution in [0.5, 0.6) is 0 Å². The Bertz CT molecular complexity index is 818. The van der Waals surface area contributed by atoms with Crippen molar-refractivity contribution >= 4 is 17.9 Å². The maximum atomic E-state index is 13.0. The van der Waals surface area contributed by atoms with Gasteiger partial charge < -0.3 is 25.5 Å². The largest absolute Gasteiger partial charge is 0.481 e. The Hall–Kier alpha value is -1.79. The third-order valence-electron chi connectivity index (χ3n) is 7.31. The number of aliphatic hydroxyl groups is 2. The van der Waals surface area contributed by atoms with Gasteiger partial charge in [-0.2, -0.15) is 5.06 Å². The first-order valence-electron chi connectivity index (χ1n) is 11.9. The summed E-state index contributed by atoms with van der Waals surface area (Å²) in [7, 11) is 0. The number of rotatable bonds is 8. The van der Waals surface area contributed by atoms with Crippen molar-refractivity contribution in [2.75, 3.05) is 0 Å². The van der Waals surface area contributed by atoms with Crippen LogP contribution in [0.3, 0.4) is 0 Å². The average molecular weight is 503 g/mol. The van der Waals surface area contributed by atoms with Crippen LogP contribution in [0.15, 0.2) is 0 Å². The maximum absolute atomic E-state index is 13.0. The summed E-state index contributed by atoms with van der Waals surface area (Å²) >= 11 is 0. The second-order valence-corrected chi connectivity index (χ2v) is 12.6. The molecule has 11 nitrogen and oxygen atoms in total. The maximum Gasteiger partial charge on any atom is 0.341 e. The van der Waals surface area contributed by atoms with Crippen LogP contribution in [0.25, 0.3) is 0 Å². The Morgan fingerprint density at radius 1 is 0.800 bits per heavy atom. The van der Waals surface area contributed by atoms with E-state index in [1.807, 2.05) is 0 Å². The quantitative estimate of drug-likeness (QED) is 0.327. The topological polar surface area (TPSA) is 168 Å². The van der Waals surface area contributed by atoms with Gasteiger partial charge in [-0.1, -0.05) is 0 Å². The molecule has 0 aromatic heterocycles. The van der Waals surface area contributed by atoms with Crippen molar-refractivity contribution in [3.63, 3.8) is 0 Å². The molecule has 0 spiro atoms. The van der Waals surface area contributed by atoms with Gasteiger partial charge in [-0.25, -0.2) is 4.79 Å². The summed E-state index contributed by atoms with van der Waals surface area (Å²) in [6, 6.07) is -1.91. The highest BCUT2D eigenvalue weighted by molar-refractivity contribution is 5.92. The molecule has 5 N–H and O–H groups in total. The van der Waals surface area contributed by atoms with E-state index < -0.39 is 70.3 Å². The van der Waals surface area contributed by atoms with E-state index >= 15 is 0 Å². The van der Waals surface area contributed by atoms with Crippen LogP contribution < -0.4 is 0 Å². The molecule has 2 aliphatic heterocycles. The van der Waals surface area contributed by atoms with E-state index in [1.165, 1.54) is 9.96 Å². The molecule has 0 amide bonds. The van der Waals surface area contributed by atoms with Crippen LogP contribution in [0.1, 0.15) is 87.5 Å². The van der Waals surface area contributed by atoms with Gasteiger partial charge in [0.15, 0.2) is 6.04 Å². The summed E-state index contributed by atoms with van der Waals surface area (Å²) < 4.78 is 0. The summed E-state index contributed by atoms with van der Waals surface area (Å²) in [5.41, 5.74) is -6.60. The summed E-state index contributed by atoms with van der Waals surface area (Å²) in [5, 5.41) is 53.0. The third-order valence-corrected chi connectivity index (χ3v) is 7.31. The number of hydrogen-bond donors (Lipinski definition) is 5. The lowest BCUT2D eigenvalue weighted by atomic mass is 9.73. The van der Waals surface area contributed by atoms with Crippen molar-refractivity contribution < 1.29 is 44.8 Å². The highest BCUT2D eigenvalue weighted by Crippen LogP contribution is 2.47. The minimum atomic E-state index is -2.72. The summed E-state index contributed by atoms with van der Waals surface area (Å²) in [6.07, 6.45) is -1.81. The smallest absolute Gasteiger partial charge is 0.341 e. The van der Waals surface area contributed by atoms with E-state index in [2.05, 4.69) is 0 Å². The van der Waals surface area contributed by atoms with E-state index in [4.69, 9.17) is 4.84 Å². The molecule has 2 heterocycles. The van der Waals surface area contributed by atoms with Crippen LogP contribution in [-0.2, 0) is 19.2 Å². The number of carbonyl (C=O) groups is 3. The summed E-state index contributed by atoms with van der Waals surface area (Å²) in [4.78, 5) is 45.6. The molecular weight excluding hydrogens is 460 g/mol. The van der Waals surface area contributed by atoms with E-state index in [-0.39, 0.29) is 25.7 Å². The number of hydrogen-bond acceptors (Lipinski definition) is 8. The number of nitrogens with zero attached hydrogens (tertiary/aromatic N) is 2. The second kappa shape index (κ2) is 9.26. The van der Waals surface area contributed by atoms with Crippen molar-refractivity contribution in [2.45, 2.75) is 134 Å². The lowest BCUT2D eigenvalue weighted by Gasteiger charge is -2.60. The number of likely N-dealkylation sites (tertiary alicyclic amines) is 1. The molecular formula is C24H42N2O9.